The Labute approximate surface area is 181 Å². The minimum Gasteiger partial charge on any atom is -0.310 e. The quantitative estimate of drug-likeness (QED) is 0.274. The number of rotatable bonds is 8. The molecule has 29 heavy (non-hydrogen) atoms. The molecular weight excluding hydrogens is 376 g/mol. The Hall–Kier alpha value is -2.60. The standard InChI is InChI=1S/C26H31ClN2/c1-6-9-10-13-21(8-3)14-11-15-22(12-7-2)23-16-17-24(27)19-26(29-5)20-25(18-23)28-4/h1,7-8,10-15,18-20,26,29H,4,9,16-17H2,2-3,5H3/b12-7-,13-10-,14-11+,21-8+,22-15+,23-18+,24-19+,25-20?. The van der Waals surface area contributed by atoms with Crippen molar-refractivity contribution in [3.05, 3.63) is 94.3 Å². The van der Waals surface area contributed by atoms with Crippen molar-refractivity contribution in [1.82, 2.24) is 5.32 Å². The van der Waals surface area contributed by atoms with Crippen molar-refractivity contribution in [2.24, 2.45) is 4.99 Å². The summed E-state index contributed by atoms with van der Waals surface area (Å²) in [6.45, 7) is 7.75. The molecule has 0 aromatic rings. The van der Waals surface area contributed by atoms with Gasteiger partial charge in [-0.15, -0.1) is 12.3 Å². The summed E-state index contributed by atoms with van der Waals surface area (Å²) in [5.74, 6) is 2.61. The summed E-state index contributed by atoms with van der Waals surface area (Å²) >= 11 is 6.44. The molecule has 0 saturated carbocycles. The van der Waals surface area contributed by atoms with Gasteiger partial charge in [0.2, 0.25) is 0 Å². The minimum absolute atomic E-state index is 0.0275. The van der Waals surface area contributed by atoms with Gasteiger partial charge < -0.3 is 5.32 Å². The normalized spacial score (nSPS) is 23.0. The Kier molecular flexibility index (Phi) is 12.1. The molecule has 0 radical (unpaired) electrons. The number of likely N-dealkylation sites (N-methyl/N-ethyl adjacent to an activating group) is 1. The lowest BCUT2D eigenvalue weighted by Crippen LogP contribution is -2.20. The first-order valence-corrected chi connectivity index (χ1v) is 10.2. The molecule has 0 fully saturated rings. The van der Waals surface area contributed by atoms with Crippen molar-refractivity contribution < 1.29 is 0 Å². The van der Waals surface area contributed by atoms with Crippen LogP contribution in [-0.4, -0.2) is 19.8 Å². The zero-order valence-electron chi connectivity index (χ0n) is 17.7. The van der Waals surface area contributed by atoms with Gasteiger partial charge in [-0.05, 0) is 75.4 Å². The van der Waals surface area contributed by atoms with Crippen molar-refractivity contribution in [2.45, 2.75) is 39.2 Å². The van der Waals surface area contributed by atoms with Crippen LogP contribution in [0.4, 0.5) is 0 Å². The number of hydrogen-bond donors (Lipinski definition) is 1. The van der Waals surface area contributed by atoms with Gasteiger partial charge in [0.1, 0.15) is 0 Å². The van der Waals surface area contributed by atoms with Crippen molar-refractivity contribution in [3.8, 4) is 12.3 Å². The highest BCUT2D eigenvalue weighted by Gasteiger charge is 2.10. The van der Waals surface area contributed by atoms with E-state index in [1.165, 1.54) is 5.57 Å². The molecule has 0 spiro atoms. The molecule has 1 rings (SSSR count). The van der Waals surface area contributed by atoms with E-state index in [-0.39, 0.29) is 6.04 Å². The van der Waals surface area contributed by atoms with Crippen LogP contribution in [0.3, 0.4) is 0 Å². The summed E-state index contributed by atoms with van der Waals surface area (Å²) in [5.41, 5.74) is 4.22. The second-order valence-electron chi connectivity index (χ2n) is 6.43. The van der Waals surface area contributed by atoms with Crippen LogP contribution < -0.4 is 5.32 Å². The number of nitrogens with one attached hydrogen (secondary N) is 1. The van der Waals surface area contributed by atoms with E-state index in [2.05, 4.69) is 59.4 Å². The van der Waals surface area contributed by atoms with E-state index in [0.717, 1.165) is 34.7 Å². The van der Waals surface area contributed by atoms with E-state index in [1.807, 2.05) is 51.3 Å². The zero-order chi connectivity index (χ0) is 21.5. The highest BCUT2D eigenvalue weighted by molar-refractivity contribution is 6.29. The van der Waals surface area contributed by atoms with E-state index >= 15 is 0 Å². The molecule has 2 nitrogen and oxygen atoms in total. The number of halogens is 1. The molecule has 0 bridgehead atoms. The third-order valence-corrected chi connectivity index (χ3v) is 4.66. The topological polar surface area (TPSA) is 24.4 Å². The fourth-order valence-corrected chi connectivity index (χ4v) is 3.01. The Morgan fingerprint density at radius 3 is 2.72 bits per heavy atom. The summed E-state index contributed by atoms with van der Waals surface area (Å²) in [7, 11) is 1.90. The summed E-state index contributed by atoms with van der Waals surface area (Å²) < 4.78 is 0. The van der Waals surface area contributed by atoms with E-state index in [0.29, 0.717) is 6.42 Å². The highest BCUT2D eigenvalue weighted by Crippen LogP contribution is 2.26. The lowest BCUT2D eigenvalue weighted by Gasteiger charge is -2.09. The number of terminal acetylenes is 1. The molecule has 1 atom stereocenters. The molecule has 0 saturated heterocycles. The molecule has 0 aromatic heterocycles. The second kappa shape index (κ2) is 14.4. The first-order chi connectivity index (χ1) is 14.1. The SMILES string of the molecule is C#CC\C=C/C(/C=C/C=C(\C=C/C)C1=C/C(N=C)=CC(NC)/C=C(/Cl)CC\1)=C\C. The van der Waals surface area contributed by atoms with Gasteiger partial charge in [0, 0.05) is 17.5 Å². The third-order valence-electron chi connectivity index (χ3n) is 4.34. The molecule has 0 amide bonds. The summed E-state index contributed by atoms with van der Waals surface area (Å²) in [6, 6.07) is 0.0275. The largest absolute Gasteiger partial charge is 0.310 e. The Morgan fingerprint density at radius 2 is 2.10 bits per heavy atom. The van der Waals surface area contributed by atoms with E-state index < -0.39 is 0 Å². The van der Waals surface area contributed by atoms with E-state index in [9.17, 15) is 0 Å². The predicted octanol–water partition coefficient (Wildman–Crippen LogP) is 6.59. The Bertz CT molecular complexity index is 836. The van der Waals surface area contributed by atoms with Crippen molar-refractivity contribution in [1.29, 1.82) is 0 Å². The molecule has 152 valence electrons. The average Bonchev–Trinajstić information content (AvgIpc) is 2.80. The molecule has 1 N–H and O–H groups in total. The molecule has 3 heteroatoms. The van der Waals surface area contributed by atoms with Gasteiger partial charge in [0.25, 0.3) is 0 Å². The van der Waals surface area contributed by atoms with Crippen LogP contribution in [0, 0.1) is 12.3 Å². The highest BCUT2D eigenvalue weighted by atomic mass is 35.5. The fourth-order valence-electron chi connectivity index (χ4n) is 2.78. The monoisotopic (exact) mass is 406 g/mol. The lowest BCUT2D eigenvalue weighted by atomic mass is 9.98. The minimum atomic E-state index is 0.0275. The first kappa shape index (κ1) is 24.4. The maximum absolute atomic E-state index is 6.44. The van der Waals surface area contributed by atoms with E-state index in [1.54, 1.807) is 0 Å². The number of nitrogens with zero attached hydrogens (tertiary/aromatic N) is 1. The predicted molar refractivity (Wildman–Crippen MR) is 130 cm³/mol. The van der Waals surface area contributed by atoms with Gasteiger partial charge in [-0.1, -0.05) is 60.2 Å². The maximum atomic E-state index is 6.44. The molecule has 0 aromatic carbocycles. The van der Waals surface area contributed by atoms with Gasteiger partial charge in [-0.2, -0.15) is 0 Å². The fraction of sp³-hybridized carbons (Fsp3) is 0.269. The number of hydrogen-bond acceptors (Lipinski definition) is 2. The van der Waals surface area contributed by atoms with Crippen LogP contribution in [0.15, 0.2) is 99.3 Å². The lowest BCUT2D eigenvalue weighted by molar-refractivity contribution is 0.781. The summed E-state index contributed by atoms with van der Waals surface area (Å²) in [6.07, 6.45) is 30.1. The Morgan fingerprint density at radius 1 is 1.31 bits per heavy atom. The average molecular weight is 407 g/mol. The van der Waals surface area contributed by atoms with Crippen LogP contribution in [0.1, 0.15) is 33.1 Å². The molecule has 0 aliphatic heterocycles. The third kappa shape index (κ3) is 9.43. The molecular formula is C26H31ClN2. The summed E-state index contributed by atoms with van der Waals surface area (Å²) in [5, 5.41) is 4.05. The van der Waals surface area contributed by atoms with Crippen LogP contribution in [0.25, 0.3) is 0 Å². The van der Waals surface area contributed by atoms with Gasteiger partial charge in [0.05, 0.1) is 5.70 Å². The number of allylic oxidation sites excluding steroid dienone is 13. The van der Waals surface area contributed by atoms with Crippen LogP contribution in [0.5, 0.6) is 0 Å². The summed E-state index contributed by atoms with van der Waals surface area (Å²) in [4.78, 5) is 4.19. The van der Waals surface area contributed by atoms with Crippen molar-refractivity contribution >= 4 is 18.3 Å². The van der Waals surface area contributed by atoms with Crippen LogP contribution >= 0.6 is 11.6 Å². The Balaban J connectivity index is 3.25. The van der Waals surface area contributed by atoms with Gasteiger partial charge in [-0.3, -0.25) is 4.99 Å². The van der Waals surface area contributed by atoms with Crippen molar-refractivity contribution in [3.63, 3.8) is 0 Å². The van der Waals surface area contributed by atoms with Gasteiger partial charge in [0.15, 0.2) is 0 Å². The smallest absolute Gasteiger partial charge is 0.0604 e. The molecule has 1 unspecified atom stereocenters. The number of aliphatic imine (C=N–C) groups is 1. The van der Waals surface area contributed by atoms with Crippen LogP contribution in [-0.2, 0) is 0 Å². The van der Waals surface area contributed by atoms with Gasteiger partial charge >= 0.3 is 0 Å². The molecule has 0 heterocycles. The van der Waals surface area contributed by atoms with Crippen molar-refractivity contribution in [2.75, 3.05) is 7.05 Å². The van der Waals surface area contributed by atoms with Crippen LogP contribution in [0.2, 0.25) is 0 Å². The zero-order valence-corrected chi connectivity index (χ0v) is 18.4. The van der Waals surface area contributed by atoms with E-state index in [4.69, 9.17) is 18.0 Å². The first-order valence-electron chi connectivity index (χ1n) is 9.78. The molecule has 1 aliphatic rings. The maximum Gasteiger partial charge on any atom is 0.0604 e. The van der Waals surface area contributed by atoms with Gasteiger partial charge in [-0.25, -0.2) is 0 Å². The molecule has 1 aliphatic carbocycles. The second-order valence-corrected chi connectivity index (χ2v) is 6.91.